The highest BCUT2D eigenvalue weighted by atomic mass is 28.4. The first-order chi connectivity index (χ1) is 8.61. The molecule has 19 heavy (non-hydrogen) atoms. The lowest BCUT2D eigenvalue weighted by atomic mass is 10.1. The Morgan fingerprint density at radius 3 is 2.16 bits per heavy atom. The van der Waals surface area contributed by atoms with Crippen molar-refractivity contribution in [3.63, 3.8) is 0 Å². The topological polar surface area (TPSA) is 42.2 Å². The second-order valence-electron chi connectivity index (χ2n) is 6.53. The largest absolute Gasteiger partial charge is 0.544 e. The zero-order chi connectivity index (χ0) is 14.7. The molecule has 0 heterocycles. The van der Waals surface area contributed by atoms with Gasteiger partial charge in [0.1, 0.15) is 5.75 Å². The van der Waals surface area contributed by atoms with Gasteiger partial charge in [-0.05, 0) is 57.0 Å². The third-order valence-electron chi connectivity index (χ3n) is 2.17. The van der Waals surface area contributed by atoms with Crippen LogP contribution >= 0.6 is 0 Å². The van der Waals surface area contributed by atoms with E-state index < -0.39 is 22.7 Å². The average molecular weight is 294 g/mol. The van der Waals surface area contributed by atoms with E-state index in [4.69, 9.17) is 8.85 Å². The fraction of sp³-hybridized carbons (Fsp3) is 0.500. The normalized spacial score (nSPS) is 13.7. The van der Waals surface area contributed by atoms with Gasteiger partial charge in [0, 0.05) is 0 Å². The van der Waals surface area contributed by atoms with Gasteiger partial charge in [0.2, 0.25) is 8.32 Å². The van der Waals surface area contributed by atoms with Crippen LogP contribution in [0.1, 0.15) is 11.7 Å². The van der Waals surface area contributed by atoms with Crippen molar-refractivity contribution < 1.29 is 8.85 Å². The Kier molecular flexibility index (Phi) is 4.96. The summed E-state index contributed by atoms with van der Waals surface area (Å²) < 4.78 is 11.8. The van der Waals surface area contributed by atoms with Crippen LogP contribution in [0.15, 0.2) is 24.3 Å². The molecule has 0 N–H and O–H groups in total. The van der Waals surface area contributed by atoms with Crippen LogP contribution in [0.5, 0.6) is 5.75 Å². The molecule has 0 amide bonds. The predicted molar refractivity (Wildman–Crippen MR) is 83.2 cm³/mol. The van der Waals surface area contributed by atoms with Gasteiger partial charge in [-0.1, -0.05) is 12.1 Å². The molecular weight excluding hydrogens is 270 g/mol. The molecule has 1 aromatic carbocycles. The van der Waals surface area contributed by atoms with Crippen molar-refractivity contribution in [3.05, 3.63) is 29.8 Å². The molecule has 1 rings (SSSR count). The second kappa shape index (κ2) is 5.91. The predicted octanol–water partition coefficient (Wildman–Crippen LogP) is 4.32. The zero-order valence-electron chi connectivity index (χ0n) is 12.7. The summed E-state index contributed by atoms with van der Waals surface area (Å²) in [5, 5.41) is 9.28. The summed E-state index contributed by atoms with van der Waals surface area (Å²) in [5.41, 5.74) is 0.876. The molecule has 0 aromatic heterocycles. The Morgan fingerprint density at radius 1 is 1.05 bits per heavy atom. The standard InChI is InChI=1S/C14H23NO2Si2/c1-18(2,3)16-13-9-7-8-12(10-13)14(11-15)17-19(4,5)6/h7-10,14H,1-6H3. The van der Waals surface area contributed by atoms with Gasteiger partial charge >= 0.3 is 0 Å². The summed E-state index contributed by atoms with van der Waals surface area (Å²) in [6, 6.07) is 9.93. The maximum Gasteiger partial charge on any atom is 0.242 e. The number of rotatable bonds is 5. The Morgan fingerprint density at radius 2 is 1.68 bits per heavy atom. The Bertz CT molecular complexity index is 470. The molecular formula is C14H23NO2Si2. The van der Waals surface area contributed by atoms with Gasteiger partial charge in [-0.3, -0.25) is 0 Å². The highest BCUT2D eigenvalue weighted by Gasteiger charge is 2.23. The summed E-state index contributed by atoms with van der Waals surface area (Å²) in [4.78, 5) is 0. The molecule has 0 aliphatic rings. The van der Waals surface area contributed by atoms with E-state index in [9.17, 15) is 5.26 Å². The number of benzene rings is 1. The van der Waals surface area contributed by atoms with Crippen molar-refractivity contribution in [3.8, 4) is 11.8 Å². The van der Waals surface area contributed by atoms with E-state index in [1.807, 2.05) is 24.3 Å². The fourth-order valence-electron chi connectivity index (χ4n) is 1.62. The van der Waals surface area contributed by atoms with E-state index in [1.54, 1.807) is 0 Å². The lowest BCUT2D eigenvalue weighted by Crippen LogP contribution is -2.29. The zero-order valence-corrected chi connectivity index (χ0v) is 14.7. The molecule has 0 fully saturated rings. The molecule has 0 bridgehead atoms. The number of nitriles is 1. The van der Waals surface area contributed by atoms with Gasteiger partial charge in [0.05, 0.1) is 6.07 Å². The van der Waals surface area contributed by atoms with Crippen molar-refractivity contribution >= 4 is 16.6 Å². The quantitative estimate of drug-likeness (QED) is 0.759. The van der Waals surface area contributed by atoms with Crippen LogP contribution in [-0.4, -0.2) is 16.6 Å². The molecule has 0 aliphatic carbocycles. The van der Waals surface area contributed by atoms with Gasteiger partial charge in [0.25, 0.3) is 0 Å². The van der Waals surface area contributed by atoms with Crippen molar-refractivity contribution in [2.24, 2.45) is 0 Å². The van der Waals surface area contributed by atoms with E-state index in [0.717, 1.165) is 11.3 Å². The smallest absolute Gasteiger partial charge is 0.242 e. The average Bonchev–Trinajstić information content (AvgIpc) is 2.22. The number of hydrogen-bond acceptors (Lipinski definition) is 3. The Hall–Kier alpha value is -1.10. The summed E-state index contributed by atoms with van der Waals surface area (Å²) in [6.45, 7) is 12.7. The fourth-order valence-corrected chi connectivity index (χ4v) is 3.35. The van der Waals surface area contributed by atoms with Crippen LogP contribution in [0.4, 0.5) is 0 Å². The van der Waals surface area contributed by atoms with Crippen LogP contribution in [0.2, 0.25) is 39.3 Å². The van der Waals surface area contributed by atoms with Gasteiger partial charge in [-0.2, -0.15) is 5.26 Å². The molecule has 1 aromatic rings. The summed E-state index contributed by atoms with van der Waals surface area (Å²) in [6.07, 6.45) is -0.503. The lowest BCUT2D eigenvalue weighted by molar-refractivity contribution is 0.254. The maximum absolute atomic E-state index is 9.28. The van der Waals surface area contributed by atoms with Crippen molar-refractivity contribution in [1.29, 1.82) is 5.26 Å². The van der Waals surface area contributed by atoms with Gasteiger partial charge in [-0.25, -0.2) is 0 Å². The molecule has 1 unspecified atom stereocenters. The monoisotopic (exact) mass is 293 g/mol. The highest BCUT2D eigenvalue weighted by molar-refractivity contribution is 6.70. The minimum absolute atomic E-state index is 0.503. The van der Waals surface area contributed by atoms with Gasteiger partial charge in [-0.15, -0.1) is 0 Å². The summed E-state index contributed by atoms with van der Waals surface area (Å²) in [5.74, 6) is 0.830. The molecule has 1 atom stereocenters. The maximum atomic E-state index is 9.28. The van der Waals surface area contributed by atoms with Gasteiger partial charge in [0.15, 0.2) is 14.4 Å². The van der Waals surface area contributed by atoms with E-state index in [2.05, 4.69) is 45.4 Å². The molecule has 3 nitrogen and oxygen atoms in total. The van der Waals surface area contributed by atoms with Crippen LogP contribution in [0.25, 0.3) is 0 Å². The van der Waals surface area contributed by atoms with E-state index in [-0.39, 0.29) is 0 Å². The van der Waals surface area contributed by atoms with Crippen LogP contribution in [0, 0.1) is 11.3 Å². The van der Waals surface area contributed by atoms with Crippen LogP contribution in [0.3, 0.4) is 0 Å². The molecule has 0 saturated heterocycles. The summed E-state index contributed by atoms with van der Waals surface area (Å²) in [7, 11) is -3.37. The first-order valence-electron chi connectivity index (χ1n) is 6.47. The van der Waals surface area contributed by atoms with E-state index in [0.29, 0.717) is 0 Å². The Balaban J connectivity index is 2.94. The van der Waals surface area contributed by atoms with E-state index in [1.165, 1.54) is 0 Å². The van der Waals surface area contributed by atoms with Crippen LogP contribution < -0.4 is 4.43 Å². The molecule has 0 spiro atoms. The highest BCUT2D eigenvalue weighted by Crippen LogP contribution is 2.26. The first-order valence-corrected chi connectivity index (χ1v) is 13.3. The molecule has 5 heteroatoms. The number of nitrogens with zero attached hydrogens (tertiary/aromatic N) is 1. The SMILES string of the molecule is C[Si](C)(C)Oc1cccc(C(C#N)O[Si](C)(C)C)c1. The third-order valence-corrected chi connectivity index (χ3v) is 3.96. The lowest BCUT2D eigenvalue weighted by Gasteiger charge is -2.23. The Labute approximate surface area is 118 Å². The van der Waals surface area contributed by atoms with Crippen molar-refractivity contribution in [2.45, 2.75) is 45.4 Å². The van der Waals surface area contributed by atoms with Gasteiger partial charge < -0.3 is 8.85 Å². The van der Waals surface area contributed by atoms with Crippen molar-refractivity contribution in [2.75, 3.05) is 0 Å². The minimum Gasteiger partial charge on any atom is -0.544 e. The van der Waals surface area contributed by atoms with Crippen molar-refractivity contribution in [1.82, 2.24) is 0 Å². The molecule has 0 saturated carbocycles. The van der Waals surface area contributed by atoms with Crippen LogP contribution in [-0.2, 0) is 4.43 Å². The number of hydrogen-bond donors (Lipinski definition) is 0. The van der Waals surface area contributed by atoms with E-state index >= 15 is 0 Å². The second-order valence-corrected chi connectivity index (χ2v) is 15.4. The molecule has 0 radical (unpaired) electrons. The molecule has 104 valence electrons. The summed E-state index contributed by atoms with van der Waals surface area (Å²) >= 11 is 0. The molecule has 0 aliphatic heterocycles. The third kappa shape index (κ3) is 6.05. The first kappa shape index (κ1) is 16.0. The minimum atomic E-state index is -1.74.